The highest BCUT2D eigenvalue weighted by molar-refractivity contribution is 7.21. The van der Waals surface area contributed by atoms with E-state index in [1.807, 2.05) is 24.3 Å². The number of nitrogens with two attached hydrogens (primary N) is 1. The lowest BCUT2D eigenvalue weighted by Crippen LogP contribution is -2.09. The minimum atomic E-state index is -0.437. The fraction of sp³-hybridized carbons (Fsp3) is 0. The first-order valence-electron chi connectivity index (χ1n) is 5.60. The van der Waals surface area contributed by atoms with Crippen LogP contribution in [0.1, 0.15) is 9.67 Å². The van der Waals surface area contributed by atoms with Gasteiger partial charge in [0.1, 0.15) is 9.71 Å². The molecule has 3 nitrogen and oxygen atoms in total. The quantitative estimate of drug-likeness (QED) is 0.781. The maximum Gasteiger partial charge on any atom is 0.259 e. The average molecular weight is 289 g/mol. The number of primary amides is 1. The van der Waals surface area contributed by atoms with Crippen molar-refractivity contribution in [1.29, 1.82) is 0 Å². The van der Waals surface area contributed by atoms with E-state index in [1.54, 1.807) is 18.3 Å². The molecule has 19 heavy (non-hydrogen) atoms. The maximum atomic E-state index is 11.6. The van der Waals surface area contributed by atoms with Crippen LogP contribution in [0.25, 0.3) is 21.3 Å². The van der Waals surface area contributed by atoms with Crippen LogP contribution in [0, 0.1) is 0 Å². The summed E-state index contributed by atoms with van der Waals surface area (Å²) in [6.07, 6.45) is 1.70. The predicted molar refractivity (Wildman–Crippen MR) is 78.6 cm³/mol. The number of fused-ring (bicyclic) bond motifs is 1. The van der Waals surface area contributed by atoms with Gasteiger partial charge in [-0.1, -0.05) is 23.7 Å². The Hall–Kier alpha value is -1.91. The molecule has 1 aromatic carbocycles. The number of carbonyl (C=O) groups is 1. The van der Waals surface area contributed by atoms with Crippen molar-refractivity contribution in [2.75, 3.05) is 0 Å². The summed E-state index contributed by atoms with van der Waals surface area (Å²) in [6.45, 7) is 0. The molecule has 2 aromatic heterocycles. The van der Waals surface area contributed by atoms with Crippen LogP contribution in [0.5, 0.6) is 0 Å². The van der Waals surface area contributed by atoms with E-state index in [0.717, 1.165) is 21.3 Å². The lowest BCUT2D eigenvalue weighted by atomic mass is 10.0. The van der Waals surface area contributed by atoms with Gasteiger partial charge in [-0.25, -0.2) is 4.98 Å². The van der Waals surface area contributed by atoms with E-state index in [9.17, 15) is 4.79 Å². The lowest BCUT2D eigenvalue weighted by molar-refractivity contribution is 0.100. The normalized spacial score (nSPS) is 10.8. The molecule has 0 atom stereocenters. The Balaban J connectivity index is 2.34. The molecule has 2 N–H and O–H groups in total. The number of aromatic nitrogens is 1. The summed E-state index contributed by atoms with van der Waals surface area (Å²) < 4.78 is 0. The number of rotatable bonds is 2. The Labute approximate surface area is 118 Å². The Kier molecular flexibility index (Phi) is 2.97. The monoisotopic (exact) mass is 288 g/mol. The summed E-state index contributed by atoms with van der Waals surface area (Å²) in [5, 5.41) is 1.59. The third kappa shape index (κ3) is 2.09. The molecule has 0 bridgehead atoms. The van der Waals surface area contributed by atoms with Crippen molar-refractivity contribution in [3.8, 4) is 11.1 Å². The molecular weight excluding hydrogens is 280 g/mol. The summed E-state index contributed by atoms with van der Waals surface area (Å²) in [5.41, 5.74) is 7.21. The van der Waals surface area contributed by atoms with Crippen LogP contribution in [0.4, 0.5) is 0 Å². The topological polar surface area (TPSA) is 56.0 Å². The number of thiophene rings is 1. The Morgan fingerprint density at radius 3 is 2.63 bits per heavy atom. The summed E-state index contributed by atoms with van der Waals surface area (Å²) in [5.74, 6) is -0.437. The summed E-state index contributed by atoms with van der Waals surface area (Å²) in [7, 11) is 0. The van der Waals surface area contributed by atoms with Gasteiger partial charge in [-0.2, -0.15) is 0 Å². The number of pyridine rings is 1. The SMILES string of the molecule is NC(=O)c1sc2ncccc2c1-c1ccc(Cl)cc1. The molecule has 0 saturated carbocycles. The number of benzene rings is 1. The van der Waals surface area contributed by atoms with Gasteiger partial charge in [-0.3, -0.25) is 4.79 Å². The van der Waals surface area contributed by atoms with Gasteiger partial charge in [0.2, 0.25) is 0 Å². The number of amides is 1. The largest absolute Gasteiger partial charge is 0.365 e. The van der Waals surface area contributed by atoms with Gasteiger partial charge < -0.3 is 5.73 Å². The predicted octanol–water partition coefficient (Wildman–Crippen LogP) is 3.72. The first-order valence-corrected chi connectivity index (χ1v) is 6.79. The van der Waals surface area contributed by atoms with E-state index < -0.39 is 5.91 Å². The Morgan fingerprint density at radius 2 is 1.95 bits per heavy atom. The van der Waals surface area contributed by atoms with E-state index in [1.165, 1.54) is 11.3 Å². The highest BCUT2D eigenvalue weighted by Gasteiger charge is 2.18. The second-order valence-electron chi connectivity index (χ2n) is 4.03. The zero-order valence-corrected chi connectivity index (χ0v) is 11.3. The van der Waals surface area contributed by atoms with Crippen LogP contribution in [-0.2, 0) is 0 Å². The molecule has 0 saturated heterocycles. The molecule has 3 rings (SSSR count). The molecule has 0 fully saturated rings. The molecule has 0 radical (unpaired) electrons. The van der Waals surface area contributed by atoms with Crippen molar-refractivity contribution < 1.29 is 4.79 Å². The van der Waals surface area contributed by atoms with Gasteiger partial charge >= 0.3 is 0 Å². The fourth-order valence-electron chi connectivity index (χ4n) is 2.01. The third-order valence-corrected chi connectivity index (χ3v) is 4.20. The molecule has 0 aliphatic carbocycles. The number of nitrogens with zero attached hydrogens (tertiary/aromatic N) is 1. The highest BCUT2D eigenvalue weighted by Crippen LogP contribution is 2.37. The lowest BCUT2D eigenvalue weighted by Gasteiger charge is -2.02. The highest BCUT2D eigenvalue weighted by atomic mass is 35.5. The van der Waals surface area contributed by atoms with Crippen LogP contribution in [0.3, 0.4) is 0 Å². The zero-order chi connectivity index (χ0) is 13.4. The second kappa shape index (κ2) is 4.64. The molecule has 2 heterocycles. The summed E-state index contributed by atoms with van der Waals surface area (Å²) in [6, 6.07) is 11.1. The van der Waals surface area contributed by atoms with Crippen molar-refractivity contribution in [2.45, 2.75) is 0 Å². The van der Waals surface area contributed by atoms with Crippen LogP contribution in [0.2, 0.25) is 5.02 Å². The van der Waals surface area contributed by atoms with E-state index in [-0.39, 0.29) is 0 Å². The van der Waals surface area contributed by atoms with Crippen LogP contribution in [-0.4, -0.2) is 10.9 Å². The molecule has 94 valence electrons. The van der Waals surface area contributed by atoms with Gasteiger partial charge in [-0.15, -0.1) is 11.3 Å². The van der Waals surface area contributed by atoms with Gasteiger partial charge in [0, 0.05) is 22.2 Å². The summed E-state index contributed by atoms with van der Waals surface area (Å²) in [4.78, 5) is 17.2. The Bertz CT molecular complexity index is 765. The van der Waals surface area contributed by atoms with Crippen molar-refractivity contribution in [3.05, 3.63) is 52.5 Å². The molecule has 0 spiro atoms. The van der Waals surface area contributed by atoms with E-state index in [2.05, 4.69) is 4.98 Å². The maximum absolute atomic E-state index is 11.6. The number of hydrogen-bond acceptors (Lipinski definition) is 3. The van der Waals surface area contributed by atoms with Crippen LogP contribution >= 0.6 is 22.9 Å². The number of hydrogen-bond donors (Lipinski definition) is 1. The molecule has 5 heteroatoms. The second-order valence-corrected chi connectivity index (χ2v) is 5.47. The van der Waals surface area contributed by atoms with E-state index in [0.29, 0.717) is 9.90 Å². The van der Waals surface area contributed by atoms with E-state index >= 15 is 0 Å². The van der Waals surface area contributed by atoms with Gasteiger partial charge in [-0.05, 0) is 29.8 Å². The minimum Gasteiger partial charge on any atom is -0.365 e. The standard InChI is InChI=1S/C14H9ClN2OS/c15-9-5-3-8(4-6-9)11-10-2-1-7-17-14(10)19-12(11)13(16)18/h1-7H,(H2,16,18). The van der Waals surface area contributed by atoms with Gasteiger partial charge in [0.25, 0.3) is 5.91 Å². The zero-order valence-electron chi connectivity index (χ0n) is 9.76. The average Bonchev–Trinajstić information content (AvgIpc) is 2.79. The smallest absolute Gasteiger partial charge is 0.259 e. The van der Waals surface area contributed by atoms with Crippen LogP contribution < -0.4 is 5.73 Å². The first-order chi connectivity index (χ1) is 9.16. The number of carbonyl (C=O) groups excluding carboxylic acids is 1. The van der Waals surface area contributed by atoms with Gasteiger partial charge in [0.05, 0.1) is 0 Å². The molecule has 0 aliphatic heterocycles. The third-order valence-electron chi connectivity index (χ3n) is 2.82. The van der Waals surface area contributed by atoms with Crippen molar-refractivity contribution in [3.63, 3.8) is 0 Å². The Morgan fingerprint density at radius 1 is 1.21 bits per heavy atom. The first kappa shape index (κ1) is 12.1. The molecule has 0 unspecified atom stereocenters. The summed E-state index contributed by atoms with van der Waals surface area (Å²) >= 11 is 7.20. The van der Waals surface area contributed by atoms with E-state index in [4.69, 9.17) is 17.3 Å². The van der Waals surface area contributed by atoms with Crippen molar-refractivity contribution in [2.24, 2.45) is 5.73 Å². The fourth-order valence-corrected chi connectivity index (χ4v) is 3.15. The molecule has 1 amide bonds. The minimum absolute atomic E-state index is 0.437. The molecule has 0 aliphatic rings. The van der Waals surface area contributed by atoms with Crippen molar-refractivity contribution >= 4 is 39.1 Å². The van der Waals surface area contributed by atoms with Gasteiger partial charge in [0.15, 0.2) is 0 Å². The number of halogens is 1. The molecule has 3 aromatic rings. The van der Waals surface area contributed by atoms with Crippen LogP contribution in [0.15, 0.2) is 42.6 Å². The van der Waals surface area contributed by atoms with Crippen molar-refractivity contribution in [1.82, 2.24) is 4.98 Å². The molecular formula is C14H9ClN2OS.